The molecule has 0 aromatic carbocycles. The quantitative estimate of drug-likeness (QED) is 0.595. The molecule has 0 spiro atoms. The highest BCUT2D eigenvalue weighted by Crippen LogP contribution is 2.24. The highest BCUT2D eigenvalue weighted by atomic mass is 35.5. The Hall–Kier alpha value is -1.34. The molecule has 27 heavy (non-hydrogen) atoms. The van der Waals surface area contributed by atoms with Crippen LogP contribution in [0, 0.1) is 11.8 Å². The number of rotatable bonds is 7. The van der Waals surface area contributed by atoms with Crippen molar-refractivity contribution < 1.29 is 14.4 Å². The van der Waals surface area contributed by atoms with E-state index in [1.165, 1.54) is 6.42 Å². The van der Waals surface area contributed by atoms with Gasteiger partial charge in [0.25, 0.3) is 0 Å². The summed E-state index contributed by atoms with van der Waals surface area (Å²) in [6.45, 7) is 3.90. The van der Waals surface area contributed by atoms with Crippen LogP contribution in [0.25, 0.3) is 0 Å². The molecular formula is C19H35ClN4O3. The van der Waals surface area contributed by atoms with E-state index in [1.54, 1.807) is 4.90 Å². The number of piperidine rings is 1. The van der Waals surface area contributed by atoms with Gasteiger partial charge in [-0.1, -0.05) is 19.3 Å². The second kappa shape index (κ2) is 12.2. The van der Waals surface area contributed by atoms with E-state index < -0.39 is 0 Å². The Morgan fingerprint density at radius 1 is 1.04 bits per heavy atom. The average Bonchev–Trinajstić information content (AvgIpc) is 2.66. The predicted octanol–water partition coefficient (Wildman–Crippen LogP) is 1.20. The van der Waals surface area contributed by atoms with Crippen LogP contribution >= 0.6 is 12.4 Å². The van der Waals surface area contributed by atoms with E-state index in [1.807, 2.05) is 6.92 Å². The molecule has 156 valence electrons. The van der Waals surface area contributed by atoms with E-state index in [0.717, 1.165) is 38.5 Å². The van der Waals surface area contributed by atoms with Crippen LogP contribution in [0.15, 0.2) is 0 Å². The average molecular weight is 403 g/mol. The summed E-state index contributed by atoms with van der Waals surface area (Å²) in [6, 6.07) is -0.177. The van der Waals surface area contributed by atoms with Gasteiger partial charge >= 0.3 is 0 Å². The number of hydrogen-bond donors (Lipinski definition) is 3. The Morgan fingerprint density at radius 2 is 1.70 bits per heavy atom. The molecule has 1 heterocycles. The van der Waals surface area contributed by atoms with E-state index in [0.29, 0.717) is 26.2 Å². The van der Waals surface area contributed by atoms with Crippen molar-refractivity contribution in [1.29, 1.82) is 0 Å². The number of nitrogens with one attached hydrogen (secondary N) is 2. The van der Waals surface area contributed by atoms with E-state index in [-0.39, 0.29) is 54.4 Å². The molecule has 4 N–H and O–H groups in total. The third-order valence-electron chi connectivity index (χ3n) is 5.43. The molecule has 2 unspecified atom stereocenters. The van der Waals surface area contributed by atoms with Gasteiger partial charge in [0, 0.05) is 44.6 Å². The van der Waals surface area contributed by atoms with Crippen LogP contribution in [0.5, 0.6) is 0 Å². The Kier molecular flexibility index (Phi) is 10.7. The maximum absolute atomic E-state index is 12.6. The lowest BCUT2D eigenvalue weighted by Gasteiger charge is -2.33. The van der Waals surface area contributed by atoms with Crippen LogP contribution < -0.4 is 16.4 Å². The second-order valence-electron chi connectivity index (χ2n) is 7.71. The van der Waals surface area contributed by atoms with Gasteiger partial charge in [-0.3, -0.25) is 14.4 Å². The largest absolute Gasteiger partial charge is 0.355 e. The lowest BCUT2D eigenvalue weighted by atomic mass is 9.88. The first-order valence-corrected chi connectivity index (χ1v) is 10.1. The van der Waals surface area contributed by atoms with E-state index in [9.17, 15) is 14.4 Å². The number of halogens is 1. The van der Waals surface area contributed by atoms with Gasteiger partial charge in [0.05, 0.1) is 5.92 Å². The van der Waals surface area contributed by atoms with Gasteiger partial charge in [0.1, 0.15) is 0 Å². The fraction of sp³-hybridized carbons (Fsp3) is 0.842. The Morgan fingerprint density at radius 3 is 2.37 bits per heavy atom. The van der Waals surface area contributed by atoms with Gasteiger partial charge in [-0.25, -0.2) is 0 Å². The first kappa shape index (κ1) is 23.7. The third-order valence-corrected chi connectivity index (χ3v) is 5.43. The molecule has 2 fully saturated rings. The minimum Gasteiger partial charge on any atom is -0.355 e. The van der Waals surface area contributed by atoms with Gasteiger partial charge in [0.15, 0.2) is 0 Å². The lowest BCUT2D eigenvalue weighted by Crippen LogP contribution is -2.48. The molecule has 3 amide bonds. The second-order valence-corrected chi connectivity index (χ2v) is 7.71. The Balaban J connectivity index is 0.00000364. The zero-order valence-corrected chi connectivity index (χ0v) is 17.2. The van der Waals surface area contributed by atoms with Crippen LogP contribution in [-0.2, 0) is 14.4 Å². The molecule has 1 saturated carbocycles. The zero-order valence-electron chi connectivity index (χ0n) is 16.4. The van der Waals surface area contributed by atoms with Gasteiger partial charge in [0.2, 0.25) is 17.7 Å². The molecule has 0 radical (unpaired) electrons. The summed E-state index contributed by atoms with van der Waals surface area (Å²) in [6.07, 6.45) is 7.28. The molecule has 0 aromatic heterocycles. The standard InChI is InChI=1S/C19H34N4O3.ClH/c1-14(22-19(26)15-6-3-2-4-7-15)12-17(24)23-11-5-8-16(13-23)18(25)21-10-9-20;/h14-16H,2-13,20H2,1H3,(H,21,25)(H,22,26);1H. The summed E-state index contributed by atoms with van der Waals surface area (Å²) in [7, 11) is 0. The number of nitrogens with zero attached hydrogens (tertiary/aromatic N) is 1. The van der Waals surface area contributed by atoms with Crippen LogP contribution in [0.4, 0.5) is 0 Å². The smallest absolute Gasteiger partial charge is 0.224 e. The molecule has 0 aromatic rings. The van der Waals surface area contributed by atoms with Crippen molar-refractivity contribution in [2.75, 3.05) is 26.2 Å². The van der Waals surface area contributed by atoms with Crippen LogP contribution in [0.3, 0.4) is 0 Å². The predicted molar refractivity (Wildman–Crippen MR) is 107 cm³/mol. The van der Waals surface area contributed by atoms with Crippen LogP contribution in [0.1, 0.15) is 58.3 Å². The lowest BCUT2D eigenvalue weighted by molar-refractivity contribution is -0.136. The number of hydrogen-bond acceptors (Lipinski definition) is 4. The van der Waals surface area contributed by atoms with Crippen molar-refractivity contribution in [3.63, 3.8) is 0 Å². The van der Waals surface area contributed by atoms with Crippen LogP contribution in [0.2, 0.25) is 0 Å². The minimum absolute atomic E-state index is 0. The highest BCUT2D eigenvalue weighted by molar-refractivity contribution is 5.85. The molecule has 2 atom stereocenters. The SMILES string of the molecule is CC(CC(=O)N1CCCC(C(=O)NCCN)C1)NC(=O)C1CCCCC1.Cl. The van der Waals surface area contributed by atoms with Gasteiger partial charge in [-0.05, 0) is 32.6 Å². The van der Waals surface area contributed by atoms with E-state index in [2.05, 4.69) is 10.6 Å². The molecule has 8 heteroatoms. The normalized spacial score (nSPS) is 21.7. The first-order chi connectivity index (χ1) is 12.5. The van der Waals surface area contributed by atoms with Crippen molar-refractivity contribution in [1.82, 2.24) is 15.5 Å². The molecule has 2 aliphatic rings. The van der Waals surface area contributed by atoms with Crippen molar-refractivity contribution >= 4 is 30.1 Å². The maximum Gasteiger partial charge on any atom is 0.224 e. The topological polar surface area (TPSA) is 105 Å². The van der Waals surface area contributed by atoms with Crippen molar-refractivity contribution in [3.8, 4) is 0 Å². The maximum atomic E-state index is 12.6. The number of amides is 3. The molecular weight excluding hydrogens is 368 g/mol. The first-order valence-electron chi connectivity index (χ1n) is 10.1. The molecule has 1 aliphatic carbocycles. The number of nitrogens with two attached hydrogens (primary N) is 1. The summed E-state index contributed by atoms with van der Waals surface area (Å²) in [5, 5.41) is 5.81. The number of carbonyl (C=O) groups is 3. The van der Waals surface area contributed by atoms with Crippen molar-refractivity contribution in [2.24, 2.45) is 17.6 Å². The van der Waals surface area contributed by atoms with E-state index in [4.69, 9.17) is 5.73 Å². The van der Waals surface area contributed by atoms with Crippen molar-refractivity contribution in [2.45, 2.75) is 64.3 Å². The summed E-state index contributed by atoms with van der Waals surface area (Å²) in [5.74, 6) is 0.0188. The van der Waals surface area contributed by atoms with Crippen molar-refractivity contribution in [3.05, 3.63) is 0 Å². The summed E-state index contributed by atoms with van der Waals surface area (Å²) >= 11 is 0. The fourth-order valence-corrected chi connectivity index (χ4v) is 3.92. The number of carbonyl (C=O) groups excluding carboxylic acids is 3. The summed E-state index contributed by atoms with van der Waals surface area (Å²) in [5.41, 5.74) is 5.42. The number of likely N-dealkylation sites (tertiary alicyclic amines) is 1. The monoisotopic (exact) mass is 402 g/mol. The minimum atomic E-state index is -0.177. The molecule has 0 bridgehead atoms. The molecule has 7 nitrogen and oxygen atoms in total. The van der Waals surface area contributed by atoms with Gasteiger partial charge in [-0.15, -0.1) is 12.4 Å². The van der Waals surface area contributed by atoms with E-state index >= 15 is 0 Å². The molecule has 1 saturated heterocycles. The van der Waals surface area contributed by atoms with Gasteiger partial charge < -0.3 is 21.3 Å². The van der Waals surface area contributed by atoms with Crippen LogP contribution in [-0.4, -0.2) is 54.8 Å². The Bertz CT molecular complexity index is 497. The summed E-state index contributed by atoms with van der Waals surface area (Å²) < 4.78 is 0. The third kappa shape index (κ3) is 7.66. The zero-order chi connectivity index (χ0) is 18.9. The van der Waals surface area contributed by atoms with Gasteiger partial charge in [-0.2, -0.15) is 0 Å². The molecule has 2 rings (SSSR count). The molecule has 1 aliphatic heterocycles. The Labute approximate surface area is 168 Å². The fourth-order valence-electron chi connectivity index (χ4n) is 3.92. The summed E-state index contributed by atoms with van der Waals surface area (Å²) in [4.78, 5) is 38.7. The highest BCUT2D eigenvalue weighted by Gasteiger charge is 2.29.